The van der Waals surface area contributed by atoms with E-state index in [4.69, 9.17) is 11.6 Å². The summed E-state index contributed by atoms with van der Waals surface area (Å²) in [7, 11) is 0. The molecule has 1 atom stereocenters. The van der Waals surface area contributed by atoms with Gasteiger partial charge in [0, 0.05) is 16.0 Å². The second-order valence-electron chi connectivity index (χ2n) is 4.96. The van der Waals surface area contributed by atoms with E-state index in [1.165, 1.54) is 6.07 Å². The Kier molecular flexibility index (Phi) is 2.25. The van der Waals surface area contributed by atoms with Gasteiger partial charge < -0.3 is 10.2 Å². The third-order valence-corrected chi connectivity index (χ3v) is 3.89. The van der Waals surface area contributed by atoms with E-state index in [9.17, 15) is 10.2 Å². The number of phenolic OH excluding ortho intramolecular Hbond substituents is 1. The van der Waals surface area contributed by atoms with E-state index in [-0.39, 0.29) is 23.2 Å². The van der Waals surface area contributed by atoms with Gasteiger partial charge in [-0.25, -0.2) is 0 Å². The Balaban J connectivity index is 2.46. The zero-order chi connectivity index (χ0) is 11.3. The lowest BCUT2D eigenvalue weighted by atomic mass is 9.88. The molecular formula is C12H15ClO2. The molecule has 1 unspecified atom stereocenters. The maximum Gasteiger partial charge on any atom is 0.120 e. The first-order valence-electron chi connectivity index (χ1n) is 5.03. The molecule has 1 saturated carbocycles. The third kappa shape index (κ3) is 1.44. The molecule has 2 N–H and O–H groups in total. The van der Waals surface area contributed by atoms with E-state index in [1.807, 2.05) is 6.07 Å². The topological polar surface area (TPSA) is 40.5 Å². The highest BCUT2D eigenvalue weighted by molar-refractivity contribution is 6.30. The Morgan fingerprint density at radius 2 is 2.00 bits per heavy atom. The lowest BCUT2D eigenvalue weighted by Crippen LogP contribution is -2.19. The van der Waals surface area contributed by atoms with Gasteiger partial charge in [0.15, 0.2) is 0 Å². The van der Waals surface area contributed by atoms with E-state index < -0.39 is 0 Å². The highest BCUT2D eigenvalue weighted by atomic mass is 35.5. The van der Waals surface area contributed by atoms with Crippen LogP contribution >= 0.6 is 11.6 Å². The van der Waals surface area contributed by atoms with Gasteiger partial charge in [0.25, 0.3) is 0 Å². The third-order valence-electron chi connectivity index (χ3n) is 3.66. The molecule has 0 radical (unpaired) electrons. The van der Waals surface area contributed by atoms with Gasteiger partial charge in [-0.05, 0) is 24.0 Å². The van der Waals surface area contributed by atoms with Gasteiger partial charge in [0.2, 0.25) is 0 Å². The molecular weight excluding hydrogens is 212 g/mol. The predicted molar refractivity (Wildman–Crippen MR) is 60.3 cm³/mol. The summed E-state index contributed by atoms with van der Waals surface area (Å²) in [5.74, 6) is 0.183. The van der Waals surface area contributed by atoms with Crippen molar-refractivity contribution in [3.63, 3.8) is 0 Å². The molecule has 0 aromatic heterocycles. The summed E-state index contributed by atoms with van der Waals surface area (Å²) >= 11 is 5.78. The lowest BCUT2D eigenvalue weighted by molar-refractivity contribution is 0.228. The lowest BCUT2D eigenvalue weighted by Gasteiger charge is -2.19. The number of aliphatic hydroxyl groups is 1. The number of benzene rings is 1. The number of halogens is 1. The number of rotatable bonds is 2. The maximum atomic E-state index is 9.83. The second kappa shape index (κ2) is 3.13. The van der Waals surface area contributed by atoms with E-state index in [1.54, 1.807) is 6.07 Å². The molecule has 3 heteroatoms. The van der Waals surface area contributed by atoms with Gasteiger partial charge in [-0.1, -0.05) is 31.5 Å². The summed E-state index contributed by atoms with van der Waals surface area (Å²) in [6, 6.07) is 5.09. The van der Waals surface area contributed by atoms with Gasteiger partial charge in [0.05, 0.1) is 6.61 Å². The first-order chi connectivity index (χ1) is 6.93. The van der Waals surface area contributed by atoms with Crippen molar-refractivity contribution in [2.24, 2.45) is 5.41 Å². The van der Waals surface area contributed by atoms with Crippen LogP contribution in [0.25, 0.3) is 0 Å². The first kappa shape index (κ1) is 10.8. The number of hydrogen-bond donors (Lipinski definition) is 2. The average Bonchev–Trinajstić information content (AvgIpc) is 2.69. The number of hydrogen-bond acceptors (Lipinski definition) is 2. The van der Waals surface area contributed by atoms with Crippen LogP contribution in [-0.4, -0.2) is 16.8 Å². The van der Waals surface area contributed by atoms with Gasteiger partial charge in [-0.15, -0.1) is 0 Å². The highest BCUT2D eigenvalue weighted by Gasteiger charge is 2.62. The fourth-order valence-electron chi connectivity index (χ4n) is 2.43. The molecule has 1 fully saturated rings. The zero-order valence-corrected chi connectivity index (χ0v) is 9.67. The summed E-state index contributed by atoms with van der Waals surface area (Å²) in [4.78, 5) is 0. The predicted octanol–water partition coefficient (Wildman–Crippen LogP) is 2.71. The molecule has 1 aliphatic rings. The zero-order valence-electron chi connectivity index (χ0n) is 8.92. The van der Waals surface area contributed by atoms with Gasteiger partial charge in [0.1, 0.15) is 5.75 Å². The van der Waals surface area contributed by atoms with Crippen LogP contribution in [0.2, 0.25) is 5.02 Å². The van der Waals surface area contributed by atoms with Gasteiger partial charge in [-0.2, -0.15) is 0 Å². The molecule has 0 saturated heterocycles. The van der Waals surface area contributed by atoms with Crippen molar-refractivity contribution < 1.29 is 10.2 Å². The number of aromatic hydroxyl groups is 1. The maximum absolute atomic E-state index is 9.83. The minimum atomic E-state index is -0.290. The molecule has 1 aromatic carbocycles. The Morgan fingerprint density at radius 1 is 1.40 bits per heavy atom. The quantitative estimate of drug-likeness (QED) is 0.814. The van der Waals surface area contributed by atoms with E-state index >= 15 is 0 Å². The summed E-state index contributed by atoms with van der Waals surface area (Å²) < 4.78 is 0. The largest absolute Gasteiger partial charge is 0.508 e. The average molecular weight is 227 g/mol. The van der Waals surface area contributed by atoms with Crippen molar-refractivity contribution in [1.29, 1.82) is 0 Å². The number of aliphatic hydroxyl groups excluding tert-OH is 1. The Hall–Kier alpha value is -0.730. The molecule has 2 rings (SSSR count). The van der Waals surface area contributed by atoms with Crippen LogP contribution in [0.15, 0.2) is 18.2 Å². The SMILES string of the molecule is CC1(C)CC1(CO)c1ccc(Cl)cc1O. The molecule has 0 bridgehead atoms. The van der Waals surface area contributed by atoms with Crippen LogP contribution in [0.1, 0.15) is 25.8 Å². The molecule has 0 heterocycles. The van der Waals surface area contributed by atoms with Crippen LogP contribution in [0.4, 0.5) is 0 Å². The molecule has 0 amide bonds. The van der Waals surface area contributed by atoms with Crippen LogP contribution in [0.3, 0.4) is 0 Å². The molecule has 1 aliphatic carbocycles. The van der Waals surface area contributed by atoms with E-state index in [2.05, 4.69) is 13.8 Å². The molecule has 82 valence electrons. The van der Waals surface area contributed by atoms with Crippen molar-refractivity contribution in [2.45, 2.75) is 25.7 Å². The molecule has 2 nitrogen and oxygen atoms in total. The Morgan fingerprint density at radius 3 is 2.40 bits per heavy atom. The van der Waals surface area contributed by atoms with Crippen molar-refractivity contribution in [2.75, 3.05) is 6.61 Å². The van der Waals surface area contributed by atoms with Crippen LogP contribution < -0.4 is 0 Å². The summed E-state index contributed by atoms with van der Waals surface area (Å²) in [6.07, 6.45) is 0.895. The van der Waals surface area contributed by atoms with Crippen LogP contribution in [-0.2, 0) is 5.41 Å². The van der Waals surface area contributed by atoms with Gasteiger partial charge >= 0.3 is 0 Å². The summed E-state index contributed by atoms with van der Waals surface area (Å²) in [6.45, 7) is 4.25. The highest BCUT2D eigenvalue weighted by Crippen LogP contribution is 2.65. The summed E-state index contributed by atoms with van der Waals surface area (Å²) in [5, 5.41) is 19.8. The molecule has 1 aromatic rings. The van der Waals surface area contributed by atoms with Gasteiger partial charge in [-0.3, -0.25) is 0 Å². The minimum Gasteiger partial charge on any atom is -0.508 e. The van der Waals surface area contributed by atoms with E-state index in [0.717, 1.165) is 12.0 Å². The molecule has 0 spiro atoms. The molecule has 0 aliphatic heterocycles. The standard InChI is InChI=1S/C12H15ClO2/c1-11(2)6-12(11,7-14)9-4-3-8(13)5-10(9)15/h3-5,14-15H,6-7H2,1-2H3. The normalized spacial score (nSPS) is 27.7. The summed E-state index contributed by atoms with van der Waals surface area (Å²) in [5.41, 5.74) is 0.564. The van der Waals surface area contributed by atoms with Crippen molar-refractivity contribution in [3.8, 4) is 5.75 Å². The number of phenols is 1. The fraction of sp³-hybridized carbons (Fsp3) is 0.500. The molecule has 15 heavy (non-hydrogen) atoms. The van der Waals surface area contributed by atoms with Crippen molar-refractivity contribution in [3.05, 3.63) is 28.8 Å². The Labute approximate surface area is 94.5 Å². The monoisotopic (exact) mass is 226 g/mol. The second-order valence-corrected chi connectivity index (χ2v) is 5.40. The van der Waals surface area contributed by atoms with Crippen LogP contribution in [0.5, 0.6) is 5.75 Å². The van der Waals surface area contributed by atoms with E-state index in [0.29, 0.717) is 5.02 Å². The Bertz CT molecular complexity index is 401. The first-order valence-corrected chi connectivity index (χ1v) is 5.41. The van der Waals surface area contributed by atoms with Crippen molar-refractivity contribution in [1.82, 2.24) is 0 Å². The minimum absolute atomic E-state index is 0.0487. The smallest absolute Gasteiger partial charge is 0.120 e. The fourth-order valence-corrected chi connectivity index (χ4v) is 2.60. The van der Waals surface area contributed by atoms with Crippen LogP contribution in [0, 0.1) is 5.41 Å². The van der Waals surface area contributed by atoms with Crippen molar-refractivity contribution >= 4 is 11.6 Å².